The molecule has 0 saturated heterocycles. The summed E-state index contributed by atoms with van der Waals surface area (Å²) < 4.78 is 10.9. The Morgan fingerprint density at radius 3 is 1.78 bits per heavy atom. The van der Waals surface area contributed by atoms with Gasteiger partial charge in [0.15, 0.2) is 5.78 Å². The number of ether oxygens (including phenoxy) is 2. The van der Waals surface area contributed by atoms with Crippen LogP contribution in [0.2, 0.25) is 0 Å². The van der Waals surface area contributed by atoms with Gasteiger partial charge in [0.2, 0.25) is 0 Å². The summed E-state index contributed by atoms with van der Waals surface area (Å²) >= 11 is 11.0. The van der Waals surface area contributed by atoms with Gasteiger partial charge in [0.1, 0.15) is 24.2 Å². The number of hydrogen-bond acceptors (Lipinski definition) is 5. The van der Waals surface area contributed by atoms with Crippen LogP contribution in [0, 0.1) is 0 Å². The Morgan fingerprint density at radius 1 is 0.815 bits per heavy atom. The van der Waals surface area contributed by atoms with E-state index in [0.29, 0.717) is 35.7 Å². The van der Waals surface area contributed by atoms with Crippen LogP contribution >= 0.6 is 23.2 Å². The maximum absolute atomic E-state index is 12.5. The van der Waals surface area contributed by atoms with Gasteiger partial charge in [-0.2, -0.15) is 0 Å². The van der Waals surface area contributed by atoms with Crippen molar-refractivity contribution in [3.63, 3.8) is 0 Å². The molecule has 2 rings (SSSR count). The number of ketones is 1. The third-order valence-electron chi connectivity index (χ3n) is 3.75. The van der Waals surface area contributed by atoms with Crippen LogP contribution in [-0.2, 0) is 0 Å². The van der Waals surface area contributed by atoms with Crippen molar-refractivity contribution in [3.05, 3.63) is 59.7 Å². The first kappa shape index (κ1) is 21.5. The Hall–Kier alpha value is -1.79. The van der Waals surface area contributed by atoms with Crippen LogP contribution in [0.25, 0.3) is 0 Å². The van der Waals surface area contributed by atoms with Crippen molar-refractivity contribution in [1.82, 2.24) is 0 Å². The number of aliphatic hydroxyl groups excluding tert-OH is 2. The predicted octanol–water partition coefficient (Wildman–Crippen LogP) is 3.26. The van der Waals surface area contributed by atoms with E-state index in [1.54, 1.807) is 48.5 Å². The first-order chi connectivity index (χ1) is 13.0. The van der Waals surface area contributed by atoms with Crippen molar-refractivity contribution in [2.75, 3.05) is 25.0 Å². The van der Waals surface area contributed by atoms with Crippen LogP contribution in [0.4, 0.5) is 0 Å². The number of alkyl halides is 2. The lowest BCUT2D eigenvalue weighted by molar-refractivity contribution is 0.103. The van der Waals surface area contributed by atoms with Crippen molar-refractivity contribution in [2.45, 2.75) is 18.6 Å². The summed E-state index contributed by atoms with van der Waals surface area (Å²) in [5, 5.41) is 18.8. The molecule has 0 aliphatic carbocycles. The van der Waals surface area contributed by atoms with Crippen molar-refractivity contribution < 1.29 is 24.5 Å². The fourth-order valence-electron chi connectivity index (χ4n) is 2.20. The van der Waals surface area contributed by atoms with E-state index in [4.69, 9.17) is 32.7 Å². The number of benzene rings is 2. The minimum atomic E-state index is -0.730. The zero-order valence-corrected chi connectivity index (χ0v) is 16.2. The zero-order chi connectivity index (χ0) is 19.6. The van der Waals surface area contributed by atoms with Gasteiger partial charge < -0.3 is 19.7 Å². The summed E-state index contributed by atoms with van der Waals surface area (Å²) in [5.41, 5.74) is 1.06. The second kappa shape index (κ2) is 11.1. The largest absolute Gasteiger partial charge is 0.493 e. The Bertz CT molecular complexity index is 703. The number of halogens is 2. The van der Waals surface area contributed by atoms with Gasteiger partial charge in [-0.1, -0.05) is 0 Å². The van der Waals surface area contributed by atoms with Crippen molar-refractivity contribution in [1.29, 1.82) is 0 Å². The molecule has 2 N–H and O–H groups in total. The van der Waals surface area contributed by atoms with E-state index >= 15 is 0 Å². The molecule has 5 nitrogen and oxygen atoms in total. The third-order valence-corrected chi connectivity index (χ3v) is 4.46. The Labute approximate surface area is 168 Å². The van der Waals surface area contributed by atoms with Gasteiger partial charge in [-0.15, -0.1) is 23.2 Å². The highest BCUT2D eigenvalue weighted by Crippen LogP contribution is 2.18. The fraction of sp³-hybridized carbons (Fsp3) is 0.350. The summed E-state index contributed by atoms with van der Waals surface area (Å²) in [5.74, 6) is 1.33. The predicted molar refractivity (Wildman–Crippen MR) is 105 cm³/mol. The molecule has 0 aromatic heterocycles. The topological polar surface area (TPSA) is 76.0 Å². The minimum Gasteiger partial charge on any atom is -0.493 e. The molecule has 2 aromatic rings. The van der Waals surface area contributed by atoms with Gasteiger partial charge in [-0.25, -0.2) is 0 Å². The van der Waals surface area contributed by atoms with Gasteiger partial charge in [0.05, 0.1) is 18.6 Å². The highest BCUT2D eigenvalue weighted by atomic mass is 35.5. The maximum atomic E-state index is 12.5. The number of carbonyl (C=O) groups is 1. The van der Waals surface area contributed by atoms with E-state index in [2.05, 4.69) is 0 Å². The maximum Gasteiger partial charge on any atom is 0.193 e. The molecule has 0 saturated carbocycles. The Kier molecular flexibility index (Phi) is 8.88. The lowest BCUT2D eigenvalue weighted by Gasteiger charge is -2.10. The molecule has 146 valence electrons. The molecule has 0 amide bonds. The van der Waals surface area contributed by atoms with Gasteiger partial charge in [0.25, 0.3) is 0 Å². The molecule has 0 radical (unpaired) electrons. The molecular formula is C20H22Cl2O5. The molecule has 0 fully saturated rings. The second-order valence-electron chi connectivity index (χ2n) is 5.94. The molecule has 0 aliphatic rings. The second-order valence-corrected chi connectivity index (χ2v) is 6.56. The minimum absolute atomic E-state index is 0.0974. The SMILES string of the molecule is O=C(c1ccc(OCCC(O)CCl)cc1)c1ccc(OCC(O)CCl)cc1. The van der Waals surface area contributed by atoms with E-state index in [0.717, 1.165) is 0 Å². The molecule has 7 heteroatoms. The molecular weight excluding hydrogens is 391 g/mol. The van der Waals surface area contributed by atoms with E-state index in [9.17, 15) is 15.0 Å². The first-order valence-electron chi connectivity index (χ1n) is 8.52. The molecule has 2 unspecified atom stereocenters. The summed E-state index contributed by atoms with van der Waals surface area (Å²) in [6, 6.07) is 13.5. The molecule has 2 atom stereocenters. The standard InChI is InChI=1S/C20H22Cl2O5/c21-11-16(23)9-10-26-18-5-1-14(2-6-18)20(25)15-3-7-19(8-4-15)27-13-17(24)12-22/h1-8,16-17,23-24H,9-13H2. The van der Waals surface area contributed by atoms with E-state index < -0.39 is 12.2 Å². The smallest absolute Gasteiger partial charge is 0.193 e. The fourth-order valence-corrected chi connectivity index (χ4v) is 2.44. The highest BCUT2D eigenvalue weighted by Gasteiger charge is 2.10. The average molecular weight is 413 g/mol. The van der Waals surface area contributed by atoms with Crippen molar-refractivity contribution in [3.8, 4) is 11.5 Å². The zero-order valence-electron chi connectivity index (χ0n) is 14.7. The van der Waals surface area contributed by atoms with Crippen LogP contribution < -0.4 is 9.47 Å². The van der Waals surface area contributed by atoms with E-state index in [1.165, 1.54) is 0 Å². The average Bonchev–Trinajstić information content (AvgIpc) is 2.72. The van der Waals surface area contributed by atoms with Gasteiger partial charge in [-0.05, 0) is 48.5 Å². The van der Waals surface area contributed by atoms with Gasteiger partial charge in [-0.3, -0.25) is 4.79 Å². The van der Waals surface area contributed by atoms with Crippen LogP contribution in [-0.4, -0.2) is 53.2 Å². The highest BCUT2D eigenvalue weighted by molar-refractivity contribution is 6.18. The van der Waals surface area contributed by atoms with E-state index in [-0.39, 0.29) is 24.2 Å². The van der Waals surface area contributed by atoms with Crippen molar-refractivity contribution in [2.24, 2.45) is 0 Å². The van der Waals surface area contributed by atoms with Crippen LogP contribution in [0.5, 0.6) is 11.5 Å². The summed E-state index contributed by atoms with van der Waals surface area (Å²) in [6.45, 7) is 0.446. The number of carbonyl (C=O) groups excluding carboxylic acids is 1. The van der Waals surface area contributed by atoms with Crippen LogP contribution in [0.1, 0.15) is 22.3 Å². The van der Waals surface area contributed by atoms with Gasteiger partial charge >= 0.3 is 0 Å². The molecule has 0 spiro atoms. The van der Waals surface area contributed by atoms with Crippen LogP contribution in [0.3, 0.4) is 0 Å². The summed E-state index contributed by atoms with van der Waals surface area (Å²) in [4.78, 5) is 12.5. The first-order valence-corrected chi connectivity index (χ1v) is 9.59. The molecule has 0 bridgehead atoms. The summed E-state index contributed by atoms with van der Waals surface area (Å²) in [7, 11) is 0. The summed E-state index contributed by atoms with van der Waals surface area (Å²) in [6.07, 6.45) is -0.870. The number of aliphatic hydroxyl groups is 2. The normalized spacial score (nSPS) is 13.0. The lowest BCUT2D eigenvalue weighted by atomic mass is 10.0. The third kappa shape index (κ3) is 7.03. The quantitative estimate of drug-likeness (QED) is 0.437. The van der Waals surface area contributed by atoms with Crippen molar-refractivity contribution >= 4 is 29.0 Å². The Morgan fingerprint density at radius 2 is 1.30 bits per heavy atom. The molecule has 27 heavy (non-hydrogen) atoms. The lowest BCUT2D eigenvalue weighted by Crippen LogP contribution is -2.18. The van der Waals surface area contributed by atoms with Crippen LogP contribution in [0.15, 0.2) is 48.5 Å². The number of rotatable bonds is 11. The van der Waals surface area contributed by atoms with Gasteiger partial charge in [0, 0.05) is 23.4 Å². The monoisotopic (exact) mass is 412 g/mol. The molecule has 0 aliphatic heterocycles. The Balaban J connectivity index is 1.91. The molecule has 0 heterocycles. The molecule has 2 aromatic carbocycles. The van der Waals surface area contributed by atoms with E-state index in [1.807, 2.05) is 0 Å². The number of hydrogen-bond donors (Lipinski definition) is 2.